The Labute approximate surface area is 154 Å². The van der Waals surface area contributed by atoms with Gasteiger partial charge in [0.15, 0.2) is 0 Å². The largest absolute Gasteiger partial charge is 0.378 e. The molecule has 0 radical (unpaired) electrons. The van der Waals surface area contributed by atoms with E-state index in [0.717, 1.165) is 44.1 Å². The van der Waals surface area contributed by atoms with E-state index >= 15 is 0 Å². The van der Waals surface area contributed by atoms with Gasteiger partial charge in [-0.25, -0.2) is 4.68 Å². The molecule has 2 fully saturated rings. The molecule has 3 heterocycles. The Bertz CT molecular complexity index is 727. The maximum Gasteiger partial charge on any atom is 0.253 e. The minimum atomic E-state index is 0.106. The summed E-state index contributed by atoms with van der Waals surface area (Å²) in [5.74, 6) is 0.106. The van der Waals surface area contributed by atoms with Crippen LogP contribution < -0.4 is 0 Å². The number of rotatable bonds is 4. The molecule has 0 bridgehead atoms. The fourth-order valence-corrected chi connectivity index (χ4v) is 4.06. The number of hydrogen-bond acceptors (Lipinski definition) is 4. The molecule has 0 unspecified atom stereocenters. The monoisotopic (exact) mass is 354 g/mol. The molecule has 1 amide bonds. The van der Waals surface area contributed by atoms with Crippen molar-refractivity contribution in [3.8, 4) is 5.69 Å². The number of hydrogen-bond donors (Lipinski definition) is 0. The molecule has 0 saturated carbocycles. The van der Waals surface area contributed by atoms with Gasteiger partial charge in [-0.1, -0.05) is 13.3 Å². The van der Waals surface area contributed by atoms with Gasteiger partial charge in [-0.2, -0.15) is 5.10 Å². The van der Waals surface area contributed by atoms with E-state index < -0.39 is 0 Å². The topological polar surface area (TPSA) is 50.6 Å². The van der Waals surface area contributed by atoms with Gasteiger partial charge in [-0.05, 0) is 36.8 Å². The molecule has 0 N–H and O–H groups in total. The van der Waals surface area contributed by atoms with Gasteiger partial charge in [0.1, 0.15) is 0 Å². The Morgan fingerprint density at radius 3 is 2.81 bits per heavy atom. The van der Waals surface area contributed by atoms with Crippen LogP contribution in [0.4, 0.5) is 0 Å². The number of benzene rings is 1. The lowest BCUT2D eigenvalue weighted by molar-refractivity contribution is -0.0776. The Morgan fingerprint density at radius 1 is 1.23 bits per heavy atom. The number of carbonyl (C=O) groups is 1. The second-order valence-electron chi connectivity index (χ2n) is 7.12. The molecule has 2 aromatic rings. The normalized spacial score (nSPS) is 23.7. The van der Waals surface area contributed by atoms with Crippen LogP contribution in [0.3, 0.4) is 0 Å². The van der Waals surface area contributed by atoms with Crippen molar-refractivity contribution in [2.45, 2.75) is 31.8 Å². The lowest BCUT2D eigenvalue weighted by Crippen LogP contribution is -2.62. The highest BCUT2D eigenvalue weighted by Crippen LogP contribution is 2.22. The van der Waals surface area contributed by atoms with Crippen LogP contribution in [0.15, 0.2) is 42.7 Å². The second kappa shape index (κ2) is 7.60. The molecule has 0 aliphatic carbocycles. The maximum atomic E-state index is 12.9. The SMILES string of the molecule is CCC[C@H]1COC[C@H]2CN(C(=O)c3ccc(-n4cccn4)cc3)CCN12. The third kappa shape index (κ3) is 3.39. The van der Waals surface area contributed by atoms with E-state index in [1.807, 2.05) is 41.4 Å². The average molecular weight is 354 g/mol. The predicted molar refractivity (Wildman–Crippen MR) is 99.5 cm³/mol. The van der Waals surface area contributed by atoms with Crippen molar-refractivity contribution in [2.75, 3.05) is 32.8 Å². The molecule has 1 aromatic heterocycles. The van der Waals surface area contributed by atoms with E-state index in [0.29, 0.717) is 12.1 Å². The fourth-order valence-electron chi connectivity index (χ4n) is 4.06. The smallest absolute Gasteiger partial charge is 0.253 e. The van der Waals surface area contributed by atoms with Crippen molar-refractivity contribution >= 4 is 5.91 Å². The van der Waals surface area contributed by atoms with Crippen molar-refractivity contribution in [1.29, 1.82) is 0 Å². The van der Waals surface area contributed by atoms with Crippen molar-refractivity contribution in [2.24, 2.45) is 0 Å². The predicted octanol–water partition coefficient (Wildman–Crippen LogP) is 2.20. The molecular weight excluding hydrogens is 328 g/mol. The van der Waals surface area contributed by atoms with Crippen molar-refractivity contribution < 1.29 is 9.53 Å². The number of nitrogens with zero attached hydrogens (tertiary/aromatic N) is 4. The van der Waals surface area contributed by atoms with E-state index in [4.69, 9.17) is 4.74 Å². The van der Waals surface area contributed by atoms with Gasteiger partial charge in [0.05, 0.1) is 24.9 Å². The molecule has 2 saturated heterocycles. The molecule has 2 aliphatic heterocycles. The van der Waals surface area contributed by atoms with Crippen LogP contribution in [0.25, 0.3) is 5.69 Å². The zero-order chi connectivity index (χ0) is 17.9. The Balaban J connectivity index is 1.43. The Hall–Kier alpha value is -2.18. The van der Waals surface area contributed by atoms with Gasteiger partial charge in [0.2, 0.25) is 0 Å². The summed E-state index contributed by atoms with van der Waals surface area (Å²) >= 11 is 0. The van der Waals surface area contributed by atoms with E-state index in [1.54, 1.807) is 10.9 Å². The highest BCUT2D eigenvalue weighted by atomic mass is 16.5. The summed E-state index contributed by atoms with van der Waals surface area (Å²) < 4.78 is 7.60. The Kier molecular flexibility index (Phi) is 5.04. The highest BCUT2D eigenvalue weighted by molar-refractivity contribution is 5.94. The summed E-state index contributed by atoms with van der Waals surface area (Å²) in [6, 6.07) is 10.4. The molecule has 2 aliphatic rings. The standard InChI is InChI=1S/C20H26N4O2/c1-2-4-18-14-26-15-19-13-22(11-12-23(18)19)20(25)16-5-7-17(8-6-16)24-10-3-9-21-24/h3,5-10,18-19H,2,4,11-15H2,1H3/t18-,19+/m0/s1. The van der Waals surface area contributed by atoms with Crippen LogP contribution in [-0.2, 0) is 4.74 Å². The molecule has 138 valence electrons. The van der Waals surface area contributed by atoms with Crippen LogP contribution in [0.1, 0.15) is 30.1 Å². The molecule has 26 heavy (non-hydrogen) atoms. The summed E-state index contributed by atoms with van der Waals surface area (Å²) in [4.78, 5) is 17.5. The lowest BCUT2D eigenvalue weighted by Gasteiger charge is -2.48. The molecule has 6 heteroatoms. The highest BCUT2D eigenvalue weighted by Gasteiger charge is 2.36. The first-order chi connectivity index (χ1) is 12.8. The zero-order valence-electron chi connectivity index (χ0n) is 15.3. The first-order valence-electron chi connectivity index (χ1n) is 9.49. The van der Waals surface area contributed by atoms with E-state index in [2.05, 4.69) is 16.9 Å². The number of piperazine rings is 1. The van der Waals surface area contributed by atoms with Crippen LogP contribution >= 0.6 is 0 Å². The lowest BCUT2D eigenvalue weighted by atomic mass is 10.0. The minimum absolute atomic E-state index is 0.106. The van der Waals surface area contributed by atoms with Gasteiger partial charge >= 0.3 is 0 Å². The van der Waals surface area contributed by atoms with Gasteiger partial charge in [0, 0.05) is 43.6 Å². The summed E-state index contributed by atoms with van der Waals surface area (Å²) in [5.41, 5.74) is 1.69. The molecule has 4 rings (SSSR count). The molecule has 0 spiro atoms. The number of aromatic nitrogens is 2. The third-order valence-electron chi connectivity index (χ3n) is 5.41. The molecule has 2 atom stereocenters. The number of ether oxygens (including phenoxy) is 1. The first-order valence-corrected chi connectivity index (χ1v) is 9.49. The summed E-state index contributed by atoms with van der Waals surface area (Å²) in [6.45, 7) is 6.25. The van der Waals surface area contributed by atoms with E-state index in [-0.39, 0.29) is 5.91 Å². The number of carbonyl (C=O) groups excluding carboxylic acids is 1. The molecule has 1 aromatic carbocycles. The van der Waals surface area contributed by atoms with Gasteiger partial charge in [-0.3, -0.25) is 9.69 Å². The Morgan fingerprint density at radius 2 is 2.08 bits per heavy atom. The quantitative estimate of drug-likeness (QED) is 0.845. The summed E-state index contributed by atoms with van der Waals surface area (Å²) in [5, 5.41) is 4.22. The van der Waals surface area contributed by atoms with Crippen LogP contribution in [0.5, 0.6) is 0 Å². The number of fused-ring (bicyclic) bond motifs is 1. The number of amides is 1. The van der Waals surface area contributed by atoms with Crippen molar-refractivity contribution in [3.63, 3.8) is 0 Å². The third-order valence-corrected chi connectivity index (χ3v) is 5.41. The molecular formula is C20H26N4O2. The zero-order valence-corrected chi connectivity index (χ0v) is 15.3. The minimum Gasteiger partial charge on any atom is -0.378 e. The average Bonchev–Trinajstić information content (AvgIpc) is 3.22. The van der Waals surface area contributed by atoms with Gasteiger partial charge in [-0.15, -0.1) is 0 Å². The first kappa shape index (κ1) is 17.2. The van der Waals surface area contributed by atoms with Gasteiger partial charge < -0.3 is 9.64 Å². The second-order valence-corrected chi connectivity index (χ2v) is 7.12. The van der Waals surface area contributed by atoms with Crippen LogP contribution in [-0.4, -0.2) is 70.4 Å². The van der Waals surface area contributed by atoms with E-state index in [1.165, 1.54) is 12.8 Å². The summed E-state index contributed by atoms with van der Waals surface area (Å²) in [7, 11) is 0. The number of morpholine rings is 1. The fraction of sp³-hybridized carbons (Fsp3) is 0.500. The van der Waals surface area contributed by atoms with Crippen molar-refractivity contribution in [3.05, 3.63) is 48.3 Å². The van der Waals surface area contributed by atoms with Crippen molar-refractivity contribution in [1.82, 2.24) is 19.6 Å². The summed E-state index contributed by atoms with van der Waals surface area (Å²) in [6.07, 6.45) is 5.98. The van der Waals surface area contributed by atoms with E-state index in [9.17, 15) is 4.79 Å². The van der Waals surface area contributed by atoms with Gasteiger partial charge in [0.25, 0.3) is 5.91 Å². The molecule has 6 nitrogen and oxygen atoms in total. The van der Waals surface area contributed by atoms with Crippen LogP contribution in [0.2, 0.25) is 0 Å². The maximum absolute atomic E-state index is 12.9. The van der Waals surface area contributed by atoms with Crippen LogP contribution in [0, 0.1) is 0 Å².